The summed E-state index contributed by atoms with van der Waals surface area (Å²) in [4.78, 5) is 12.4. The van der Waals surface area contributed by atoms with Crippen molar-refractivity contribution in [3.8, 4) is 0 Å². The number of hydrogen-bond donors (Lipinski definition) is 0. The van der Waals surface area contributed by atoms with Crippen LogP contribution in [0.1, 0.15) is 13.8 Å². The van der Waals surface area contributed by atoms with Gasteiger partial charge < -0.3 is 4.48 Å². The van der Waals surface area contributed by atoms with Gasteiger partial charge in [0.25, 0.3) is 0 Å². The quantitative estimate of drug-likeness (QED) is 0.292. The van der Waals surface area contributed by atoms with Gasteiger partial charge in [-0.3, -0.25) is 9.69 Å². The van der Waals surface area contributed by atoms with Crippen LogP contribution in [0, 0.1) is 0 Å². The van der Waals surface area contributed by atoms with Crippen molar-refractivity contribution in [1.82, 2.24) is 4.90 Å². The van der Waals surface area contributed by atoms with E-state index < -0.39 is 9.60 Å². The van der Waals surface area contributed by atoms with Gasteiger partial charge in [-0.1, -0.05) is 6.08 Å². The highest BCUT2D eigenvalue weighted by atomic mass is 127. The normalized spacial score (nSPS) is 34.1. The third kappa shape index (κ3) is 3.56. The first kappa shape index (κ1) is 17.5. The molecule has 0 bridgehead atoms. The van der Waals surface area contributed by atoms with E-state index in [1.807, 2.05) is 7.05 Å². The van der Waals surface area contributed by atoms with Crippen molar-refractivity contribution < 1.29 is 22.4 Å². The minimum absolute atomic E-state index is 0.180. The molecule has 0 radical (unpaired) electrons. The Kier molecular flexibility index (Phi) is 4.51. The lowest BCUT2D eigenvalue weighted by Gasteiger charge is -2.50. The first-order chi connectivity index (χ1) is 10.00. The van der Waals surface area contributed by atoms with Gasteiger partial charge in [-0.25, -0.2) is 4.39 Å². The van der Waals surface area contributed by atoms with E-state index in [0.29, 0.717) is 36.1 Å². The predicted molar refractivity (Wildman–Crippen MR) is 87.1 cm³/mol. The zero-order chi connectivity index (χ0) is 16.8. The van der Waals surface area contributed by atoms with Gasteiger partial charge in [-0.15, -0.1) is 0 Å². The molecule has 2 rings (SSSR count). The Hall–Kier alpha value is -0.830. The number of amides is 1. The number of rotatable bonds is 4. The van der Waals surface area contributed by atoms with Crippen molar-refractivity contribution in [2.45, 2.75) is 23.4 Å². The lowest BCUT2D eigenvalue weighted by Crippen LogP contribution is -2.69. The highest BCUT2D eigenvalue weighted by Crippen LogP contribution is 2.41. The Balaban J connectivity index is 2.30. The SMILES string of the molecule is C/C=C1/C(C(F)(F)I)=CC(C[N+]2(C)CC(C)(F)C2)=CN1C=O. The number of hydrogen-bond acceptors (Lipinski definition) is 1. The molecule has 1 saturated heterocycles. The second-order valence-corrected chi connectivity index (χ2v) is 7.81. The van der Waals surface area contributed by atoms with Crippen molar-refractivity contribution in [2.75, 3.05) is 26.7 Å². The van der Waals surface area contributed by atoms with E-state index in [1.54, 1.807) is 13.1 Å². The summed E-state index contributed by atoms with van der Waals surface area (Å²) in [6.45, 7) is 4.24. The minimum Gasteiger partial charge on any atom is -0.317 e. The monoisotopic (exact) mass is 427 g/mol. The smallest absolute Gasteiger partial charge is 0.317 e. The number of halogens is 4. The molecule has 1 amide bonds. The standard InChI is InChI=1S/C15H19F3IN2O/c1-4-13-12(15(17,18)19)5-11(6-20(13)10-22)7-21(3)8-14(2,16)9-21/h4-6,10H,7-9H2,1-3H3/q+1/b13-4-. The highest BCUT2D eigenvalue weighted by Gasteiger charge is 2.51. The summed E-state index contributed by atoms with van der Waals surface area (Å²) in [5.41, 5.74) is -0.625. The van der Waals surface area contributed by atoms with E-state index in [2.05, 4.69) is 0 Å². The first-order valence-corrected chi connectivity index (χ1v) is 8.00. The molecule has 0 N–H and O–H groups in total. The fourth-order valence-electron chi connectivity index (χ4n) is 3.49. The maximum atomic E-state index is 13.8. The molecule has 0 aromatic carbocycles. The average Bonchev–Trinajstić information content (AvgIpc) is 2.33. The van der Waals surface area contributed by atoms with Crippen LogP contribution < -0.4 is 0 Å². The molecule has 7 heteroatoms. The van der Waals surface area contributed by atoms with Crippen molar-refractivity contribution in [3.05, 3.63) is 35.2 Å². The van der Waals surface area contributed by atoms with E-state index in [-0.39, 0.29) is 11.3 Å². The molecular weight excluding hydrogens is 408 g/mol. The van der Waals surface area contributed by atoms with E-state index in [9.17, 15) is 18.0 Å². The molecule has 0 unspecified atom stereocenters. The second kappa shape index (κ2) is 5.67. The Labute approximate surface area is 141 Å². The fourth-order valence-corrected chi connectivity index (χ4v) is 3.92. The number of carbonyl (C=O) groups is 1. The zero-order valence-electron chi connectivity index (χ0n) is 12.7. The van der Waals surface area contributed by atoms with Gasteiger partial charge in [0.05, 0.1) is 18.3 Å². The number of carbonyl (C=O) groups excluding carboxylic acids is 1. The summed E-state index contributed by atoms with van der Waals surface area (Å²) in [6.07, 6.45) is 4.96. The van der Waals surface area contributed by atoms with Gasteiger partial charge in [0, 0.05) is 34.4 Å². The number of alkyl halides is 4. The number of quaternary nitrogens is 1. The number of allylic oxidation sites excluding steroid dienone is 2. The van der Waals surface area contributed by atoms with E-state index >= 15 is 0 Å². The number of likely N-dealkylation sites (tertiary alicyclic amines) is 1. The van der Waals surface area contributed by atoms with Crippen LogP contribution in [0.4, 0.5) is 13.2 Å². The van der Waals surface area contributed by atoms with Crippen LogP contribution in [0.25, 0.3) is 0 Å². The van der Waals surface area contributed by atoms with Gasteiger partial charge in [0.1, 0.15) is 19.6 Å². The summed E-state index contributed by atoms with van der Waals surface area (Å²) < 4.78 is 38.7. The van der Waals surface area contributed by atoms with Gasteiger partial charge in [0.2, 0.25) is 12.1 Å². The second-order valence-electron chi connectivity index (χ2n) is 6.45. The molecule has 0 aromatic rings. The van der Waals surface area contributed by atoms with E-state index in [0.717, 1.165) is 27.5 Å². The predicted octanol–water partition coefficient (Wildman–Crippen LogP) is 3.39. The lowest BCUT2D eigenvalue weighted by molar-refractivity contribution is -0.957. The Morgan fingerprint density at radius 3 is 2.50 bits per heavy atom. The topological polar surface area (TPSA) is 20.3 Å². The van der Waals surface area contributed by atoms with Crippen LogP contribution in [0.3, 0.4) is 0 Å². The van der Waals surface area contributed by atoms with E-state index in [1.165, 1.54) is 19.1 Å². The highest BCUT2D eigenvalue weighted by molar-refractivity contribution is 14.1. The van der Waals surface area contributed by atoms with E-state index in [4.69, 9.17) is 0 Å². The third-order valence-corrected chi connectivity index (χ3v) is 4.45. The molecule has 122 valence electrons. The molecule has 0 atom stereocenters. The molecule has 2 aliphatic rings. The third-order valence-electron chi connectivity index (χ3n) is 3.87. The molecule has 2 heterocycles. The van der Waals surface area contributed by atoms with Gasteiger partial charge >= 0.3 is 3.93 Å². The summed E-state index contributed by atoms with van der Waals surface area (Å²) in [5.74, 6) is 0. The van der Waals surface area contributed by atoms with Gasteiger partial charge in [-0.05, 0) is 19.9 Å². The maximum absolute atomic E-state index is 13.8. The summed E-state index contributed by atoms with van der Waals surface area (Å²) in [7, 11) is 1.88. The Morgan fingerprint density at radius 1 is 1.50 bits per heavy atom. The molecule has 3 nitrogen and oxygen atoms in total. The van der Waals surface area contributed by atoms with Crippen LogP contribution in [0.2, 0.25) is 0 Å². The number of nitrogens with zero attached hydrogens (tertiary/aromatic N) is 2. The summed E-state index contributed by atoms with van der Waals surface area (Å²) >= 11 is 1.06. The van der Waals surface area contributed by atoms with Crippen molar-refractivity contribution in [1.29, 1.82) is 0 Å². The van der Waals surface area contributed by atoms with Crippen LogP contribution in [0.5, 0.6) is 0 Å². The van der Waals surface area contributed by atoms with Gasteiger partial charge in [-0.2, -0.15) is 8.78 Å². The molecule has 0 saturated carbocycles. The molecule has 2 aliphatic heterocycles. The molecule has 22 heavy (non-hydrogen) atoms. The Bertz CT molecular complexity index is 568. The van der Waals surface area contributed by atoms with Crippen LogP contribution >= 0.6 is 22.6 Å². The zero-order valence-corrected chi connectivity index (χ0v) is 14.9. The summed E-state index contributed by atoms with van der Waals surface area (Å²) in [5, 5.41) is 0. The largest absolute Gasteiger partial charge is 0.323 e. The average molecular weight is 427 g/mol. The molecule has 0 spiro atoms. The van der Waals surface area contributed by atoms with Crippen molar-refractivity contribution in [2.24, 2.45) is 0 Å². The minimum atomic E-state index is -3.08. The molecule has 0 aromatic heterocycles. The van der Waals surface area contributed by atoms with Crippen LogP contribution in [-0.2, 0) is 4.79 Å². The fraction of sp³-hybridized carbons (Fsp3) is 0.533. The first-order valence-electron chi connectivity index (χ1n) is 6.92. The van der Waals surface area contributed by atoms with Crippen molar-refractivity contribution >= 4 is 29.0 Å². The Morgan fingerprint density at radius 2 is 2.09 bits per heavy atom. The van der Waals surface area contributed by atoms with Gasteiger partial charge in [0.15, 0.2) is 0 Å². The molecular formula is C15H19F3IN2O+. The van der Waals surface area contributed by atoms with Crippen molar-refractivity contribution in [3.63, 3.8) is 0 Å². The van der Waals surface area contributed by atoms with Crippen LogP contribution in [0.15, 0.2) is 35.2 Å². The molecule has 1 fully saturated rings. The summed E-state index contributed by atoms with van der Waals surface area (Å²) in [6, 6.07) is 0. The molecule has 0 aliphatic carbocycles. The lowest BCUT2D eigenvalue weighted by atomic mass is 9.93. The maximum Gasteiger partial charge on any atom is 0.323 e. The van der Waals surface area contributed by atoms with Crippen LogP contribution in [-0.4, -0.2) is 52.1 Å². The number of likely N-dealkylation sites (N-methyl/N-ethyl adjacent to an activating group) is 1.